The van der Waals surface area contributed by atoms with Gasteiger partial charge in [-0.05, 0) is 42.8 Å². The molecule has 0 radical (unpaired) electrons. The van der Waals surface area contributed by atoms with Crippen molar-refractivity contribution in [3.05, 3.63) is 78.5 Å². The van der Waals surface area contributed by atoms with E-state index in [9.17, 15) is 0 Å². The molecule has 3 aliphatic rings. The summed E-state index contributed by atoms with van der Waals surface area (Å²) < 4.78 is 19.1. The highest BCUT2D eigenvalue weighted by atomic mass is 16.7. The van der Waals surface area contributed by atoms with E-state index in [-0.39, 0.29) is 6.79 Å². The summed E-state index contributed by atoms with van der Waals surface area (Å²) in [5, 5.41) is 10.1. The molecule has 3 aliphatic heterocycles. The van der Waals surface area contributed by atoms with Crippen molar-refractivity contribution in [2.75, 3.05) is 13.4 Å². The molecule has 0 unspecified atom stereocenters. The molecule has 0 fully saturated rings. The van der Waals surface area contributed by atoms with E-state index in [0.717, 1.165) is 57.2 Å². The average Bonchev–Trinajstić information content (AvgIpc) is 3.46. The zero-order chi connectivity index (χ0) is 21.5. The van der Waals surface area contributed by atoms with Crippen LogP contribution in [0.4, 0.5) is 0 Å². The van der Waals surface area contributed by atoms with Crippen LogP contribution in [-0.4, -0.2) is 28.2 Å². The van der Waals surface area contributed by atoms with Crippen LogP contribution in [0.5, 0.6) is 17.2 Å². The number of hydrogen-bond donors (Lipinski definition) is 0. The van der Waals surface area contributed by atoms with Gasteiger partial charge in [-0.25, -0.2) is 0 Å². The molecular weight excluding hydrogens is 402 g/mol. The van der Waals surface area contributed by atoms with Gasteiger partial charge in [0.15, 0.2) is 11.5 Å². The average molecular weight is 423 g/mol. The van der Waals surface area contributed by atoms with E-state index in [1.54, 1.807) is 0 Å². The number of hydrogen-bond acceptors (Lipinski definition) is 5. The highest BCUT2D eigenvalue weighted by Crippen LogP contribution is 2.42. The summed E-state index contributed by atoms with van der Waals surface area (Å²) in [6.07, 6.45) is 2.14. The molecule has 6 heteroatoms. The van der Waals surface area contributed by atoms with Crippen molar-refractivity contribution in [2.45, 2.75) is 13.5 Å². The molecular formula is C26H21N3O3. The lowest BCUT2D eigenvalue weighted by atomic mass is 10.0. The van der Waals surface area contributed by atoms with Crippen LogP contribution in [0, 0.1) is 0 Å². The number of pyridine rings is 1. The maximum Gasteiger partial charge on any atom is 0.231 e. The Morgan fingerprint density at radius 1 is 0.906 bits per heavy atom. The number of nitrogens with zero attached hydrogens (tertiary/aromatic N) is 3. The fraction of sp³-hybridized carbons (Fsp3) is 0.154. The van der Waals surface area contributed by atoms with E-state index in [4.69, 9.17) is 14.2 Å². The summed E-state index contributed by atoms with van der Waals surface area (Å²) >= 11 is 0. The van der Waals surface area contributed by atoms with Crippen LogP contribution in [0.15, 0.2) is 72.9 Å². The summed E-state index contributed by atoms with van der Waals surface area (Å²) in [6.45, 7) is 3.57. The van der Waals surface area contributed by atoms with E-state index >= 15 is 0 Å². The van der Waals surface area contributed by atoms with Crippen LogP contribution in [-0.2, 0) is 6.54 Å². The number of aromatic nitrogens is 3. The Labute approximate surface area is 185 Å². The van der Waals surface area contributed by atoms with Crippen molar-refractivity contribution in [1.82, 2.24) is 14.8 Å². The molecule has 32 heavy (non-hydrogen) atoms. The van der Waals surface area contributed by atoms with Gasteiger partial charge in [0.1, 0.15) is 17.1 Å². The van der Waals surface area contributed by atoms with Gasteiger partial charge in [-0.2, -0.15) is 0 Å². The van der Waals surface area contributed by atoms with E-state index in [1.807, 2.05) is 49.4 Å². The van der Waals surface area contributed by atoms with Crippen molar-refractivity contribution < 1.29 is 14.2 Å². The maximum atomic E-state index is 5.65. The second-order valence-corrected chi connectivity index (χ2v) is 7.73. The number of rotatable bonds is 5. The molecule has 3 aromatic carbocycles. The van der Waals surface area contributed by atoms with Crippen molar-refractivity contribution in [1.29, 1.82) is 0 Å². The minimum Gasteiger partial charge on any atom is -0.494 e. The Balaban J connectivity index is 1.54. The molecule has 0 N–H and O–H groups in total. The van der Waals surface area contributed by atoms with Crippen LogP contribution in [0.3, 0.4) is 0 Å². The normalized spacial score (nSPS) is 12.5. The van der Waals surface area contributed by atoms with E-state index in [0.29, 0.717) is 6.61 Å². The fourth-order valence-electron chi connectivity index (χ4n) is 4.22. The molecule has 0 aliphatic carbocycles. The van der Waals surface area contributed by atoms with Crippen LogP contribution in [0.25, 0.3) is 33.4 Å². The van der Waals surface area contributed by atoms with Gasteiger partial charge in [0.05, 0.1) is 12.1 Å². The van der Waals surface area contributed by atoms with Crippen molar-refractivity contribution >= 4 is 10.9 Å². The van der Waals surface area contributed by atoms with Crippen molar-refractivity contribution in [3.63, 3.8) is 0 Å². The Hall–Kier alpha value is -4.06. The quantitative estimate of drug-likeness (QED) is 0.380. The molecule has 3 aromatic rings. The Morgan fingerprint density at radius 2 is 1.66 bits per heavy atom. The van der Waals surface area contributed by atoms with Crippen molar-refractivity contribution in [2.24, 2.45) is 0 Å². The molecule has 0 saturated heterocycles. The summed E-state index contributed by atoms with van der Waals surface area (Å²) in [4.78, 5) is 0. The predicted octanol–water partition coefficient (Wildman–Crippen LogP) is 5.38. The van der Waals surface area contributed by atoms with Gasteiger partial charge in [-0.15, -0.1) is 10.2 Å². The summed E-state index contributed by atoms with van der Waals surface area (Å²) in [7, 11) is 0. The summed E-state index contributed by atoms with van der Waals surface area (Å²) in [5.74, 6) is 2.34. The lowest BCUT2D eigenvalue weighted by Crippen LogP contribution is -2.04. The second-order valence-electron chi connectivity index (χ2n) is 7.73. The van der Waals surface area contributed by atoms with E-state index < -0.39 is 0 Å². The van der Waals surface area contributed by atoms with E-state index in [2.05, 4.69) is 45.2 Å². The fourth-order valence-corrected chi connectivity index (χ4v) is 4.22. The van der Waals surface area contributed by atoms with E-state index in [1.165, 1.54) is 5.56 Å². The molecule has 0 atom stereocenters. The molecule has 3 heterocycles. The summed E-state index contributed by atoms with van der Waals surface area (Å²) in [6, 6.07) is 22.4. The van der Waals surface area contributed by atoms with Crippen LogP contribution >= 0.6 is 0 Å². The highest BCUT2D eigenvalue weighted by molar-refractivity contribution is 5.99. The third-order valence-corrected chi connectivity index (χ3v) is 5.74. The predicted molar refractivity (Wildman–Crippen MR) is 122 cm³/mol. The molecule has 0 bridgehead atoms. The van der Waals surface area contributed by atoms with Gasteiger partial charge in [0, 0.05) is 35.3 Å². The first kappa shape index (κ1) is 18.7. The SMILES string of the molecule is CCOc1ccc(-c2nnc3c4cc5c(cc4n(Cc4ccccc4)cc2-3)OCO5)cc1. The topological polar surface area (TPSA) is 58.4 Å². The third-order valence-electron chi connectivity index (χ3n) is 5.74. The summed E-state index contributed by atoms with van der Waals surface area (Å²) in [5.41, 5.74) is 5.95. The molecule has 0 spiro atoms. The first-order chi connectivity index (χ1) is 15.8. The molecule has 158 valence electrons. The van der Waals surface area contributed by atoms with Gasteiger partial charge in [0.25, 0.3) is 0 Å². The van der Waals surface area contributed by atoms with Crippen LogP contribution < -0.4 is 14.2 Å². The van der Waals surface area contributed by atoms with Gasteiger partial charge in [-0.3, -0.25) is 0 Å². The zero-order valence-electron chi connectivity index (χ0n) is 17.6. The molecule has 6 nitrogen and oxygen atoms in total. The maximum absolute atomic E-state index is 5.65. The van der Waals surface area contributed by atoms with Crippen molar-refractivity contribution in [3.8, 4) is 39.8 Å². The largest absolute Gasteiger partial charge is 0.494 e. The minimum absolute atomic E-state index is 0.234. The number of ether oxygens (including phenoxy) is 3. The number of benzene rings is 3. The zero-order valence-corrected chi connectivity index (χ0v) is 17.6. The Morgan fingerprint density at radius 3 is 2.44 bits per heavy atom. The highest BCUT2D eigenvalue weighted by Gasteiger charge is 2.24. The molecule has 0 amide bonds. The first-order valence-corrected chi connectivity index (χ1v) is 10.7. The standard InChI is InChI=1S/C26H21N3O3/c1-2-30-19-10-8-18(9-11-19)25-21-15-29(14-17-6-4-3-5-7-17)22-13-24-23(31-16-32-24)12-20(22)26(21)28-27-25/h3-13,15H,2,14,16H2,1H3. The molecule has 0 saturated carbocycles. The van der Waals surface area contributed by atoms with Gasteiger partial charge >= 0.3 is 0 Å². The minimum atomic E-state index is 0.234. The third kappa shape index (κ3) is 3.12. The molecule has 0 aromatic heterocycles. The Bertz CT molecular complexity index is 1380. The monoisotopic (exact) mass is 423 g/mol. The van der Waals surface area contributed by atoms with Crippen LogP contribution in [0.1, 0.15) is 12.5 Å². The van der Waals surface area contributed by atoms with Gasteiger partial charge in [0.2, 0.25) is 6.79 Å². The first-order valence-electron chi connectivity index (χ1n) is 10.7. The van der Waals surface area contributed by atoms with Gasteiger partial charge < -0.3 is 18.8 Å². The lowest BCUT2D eigenvalue weighted by Gasteiger charge is -2.16. The number of fused-ring (bicyclic) bond motifs is 4. The second kappa shape index (κ2) is 7.57. The lowest BCUT2D eigenvalue weighted by molar-refractivity contribution is 0.174. The molecule has 6 rings (SSSR count). The van der Waals surface area contributed by atoms with Crippen LogP contribution in [0.2, 0.25) is 0 Å². The smallest absolute Gasteiger partial charge is 0.231 e. The Kier molecular flexibility index (Phi) is 4.42. The van der Waals surface area contributed by atoms with Gasteiger partial charge in [-0.1, -0.05) is 30.3 Å².